The van der Waals surface area contributed by atoms with Gasteiger partial charge in [0.25, 0.3) is 0 Å². The van der Waals surface area contributed by atoms with Crippen LogP contribution in [0.3, 0.4) is 0 Å². The standard InChI is InChI=1S/C14H16ClFN2O/c15-11-2-1-3-12(16)13(11)9-6-10(9)14(19)18-8-4-5-17-7-8/h1-3,8-10,17H,4-7H2,(H,18,19). The number of benzene rings is 1. The quantitative estimate of drug-likeness (QED) is 0.891. The second-order valence-corrected chi connectivity index (χ2v) is 5.69. The highest BCUT2D eigenvalue weighted by atomic mass is 35.5. The predicted octanol–water partition coefficient (Wildman–Crippen LogP) is 2.06. The molecule has 1 aromatic rings. The van der Waals surface area contributed by atoms with Gasteiger partial charge in [-0.05, 0) is 31.5 Å². The van der Waals surface area contributed by atoms with Crippen molar-refractivity contribution < 1.29 is 9.18 Å². The molecule has 2 N–H and O–H groups in total. The third-order valence-corrected chi connectivity index (χ3v) is 4.23. The van der Waals surface area contributed by atoms with E-state index in [1.54, 1.807) is 12.1 Å². The van der Waals surface area contributed by atoms with Gasteiger partial charge in [0.2, 0.25) is 5.91 Å². The number of hydrogen-bond acceptors (Lipinski definition) is 2. The Balaban J connectivity index is 1.65. The van der Waals surface area contributed by atoms with Crippen molar-refractivity contribution in [3.63, 3.8) is 0 Å². The minimum Gasteiger partial charge on any atom is -0.352 e. The first-order chi connectivity index (χ1) is 9.16. The molecular weight excluding hydrogens is 267 g/mol. The largest absolute Gasteiger partial charge is 0.352 e. The molecule has 1 saturated heterocycles. The van der Waals surface area contributed by atoms with E-state index in [1.165, 1.54) is 6.07 Å². The van der Waals surface area contributed by atoms with E-state index in [-0.39, 0.29) is 29.6 Å². The lowest BCUT2D eigenvalue weighted by atomic mass is 10.1. The average Bonchev–Trinajstić information content (AvgIpc) is 2.98. The van der Waals surface area contributed by atoms with Gasteiger partial charge >= 0.3 is 0 Å². The third kappa shape index (κ3) is 2.60. The van der Waals surface area contributed by atoms with Crippen LogP contribution in [0.2, 0.25) is 5.02 Å². The molecule has 2 aliphatic rings. The van der Waals surface area contributed by atoms with E-state index in [4.69, 9.17) is 11.6 Å². The highest BCUT2D eigenvalue weighted by molar-refractivity contribution is 6.31. The SMILES string of the molecule is O=C(NC1CCNC1)C1CC1c1c(F)cccc1Cl. The molecule has 3 rings (SSSR count). The van der Waals surface area contributed by atoms with Crippen LogP contribution >= 0.6 is 11.6 Å². The molecule has 0 aromatic heterocycles. The molecule has 1 heterocycles. The minimum absolute atomic E-state index is 0.0259. The molecule has 0 bridgehead atoms. The summed E-state index contributed by atoms with van der Waals surface area (Å²) in [7, 11) is 0. The van der Waals surface area contributed by atoms with Gasteiger partial charge in [-0.25, -0.2) is 4.39 Å². The van der Waals surface area contributed by atoms with Crippen molar-refractivity contribution >= 4 is 17.5 Å². The van der Waals surface area contributed by atoms with Crippen LogP contribution in [-0.2, 0) is 4.79 Å². The molecule has 2 fully saturated rings. The zero-order valence-electron chi connectivity index (χ0n) is 10.5. The third-order valence-electron chi connectivity index (χ3n) is 3.90. The summed E-state index contributed by atoms with van der Waals surface area (Å²) in [5.41, 5.74) is 0.494. The van der Waals surface area contributed by atoms with E-state index in [9.17, 15) is 9.18 Å². The van der Waals surface area contributed by atoms with Crippen molar-refractivity contribution in [3.8, 4) is 0 Å². The Labute approximate surface area is 116 Å². The molecule has 3 unspecified atom stereocenters. The summed E-state index contributed by atoms with van der Waals surface area (Å²) in [6.07, 6.45) is 1.65. The maximum Gasteiger partial charge on any atom is 0.224 e. The van der Waals surface area contributed by atoms with Crippen molar-refractivity contribution in [2.75, 3.05) is 13.1 Å². The Morgan fingerprint density at radius 3 is 3.00 bits per heavy atom. The summed E-state index contributed by atoms with van der Waals surface area (Å²) < 4.78 is 13.8. The van der Waals surface area contributed by atoms with Crippen LogP contribution in [0.1, 0.15) is 24.3 Å². The van der Waals surface area contributed by atoms with Gasteiger partial charge in [-0.15, -0.1) is 0 Å². The Morgan fingerprint density at radius 2 is 2.32 bits per heavy atom. The fourth-order valence-corrected chi connectivity index (χ4v) is 3.06. The first-order valence-corrected chi connectivity index (χ1v) is 6.99. The van der Waals surface area contributed by atoms with Gasteiger partial charge in [-0.3, -0.25) is 4.79 Å². The van der Waals surface area contributed by atoms with Crippen molar-refractivity contribution in [1.82, 2.24) is 10.6 Å². The number of carbonyl (C=O) groups excluding carboxylic acids is 1. The Morgan fingerprint density at radius 1 is 1.47 bits per heavy atom. The molecule has 0 spiro atoms. The van der Waals surface area contributed by atoms with Crippen LogP contribution in [0.15, 0.2) is 18.2 Å². The van der Waals surface area contributed by atoms with Crippen LogP contribution in [0.4, 0.5) is 4.39 Å². The predicted molar refractivity (Wildman–Crippen MR) is 71.7 cm³/mol. The highest BCUT2D eigenvalue weighted by Gasteiger charge is 2.46. The highest BCUT2D eigenvalue weighted by Crippen LogP contribution is 2.50. The van der Waals surface area contributed by atoms with Gasteiger partial charge < -0.3 is 10.6 Å². The Kier molecular flexibility index (Phi) is 3.46. The topological polar surface area (TPSA) is 41.1 Å². The second kappa shape index (κ2) is 5.10. The van der Waals surface area contributed by atoms with Crippen molar-refractivity contribution in [2.24, 2.45) is 5.92 Å². The van der Waals surface area contributed by atoms with E-state index in [1.807, 2.05) is 0 Å². The van der Waals surface area contributed by atoms with E-state index in [2.05, 4.69) is 10.6 Å². The second-order valence-electron chi connectivity index (χ2n) is 5.28. The van der Waals surface area contributed by atoms with Gasteiger partial charge in [0.1, 0.15) is 5.82 Å². The smallest absolute Gasteiger partial charge is 0.224 e. The van der Waals surface area contributed by atoms with Crippen LogP contribution in [0, 0.1) is 11.7 Å². The minimum atomic E-state index is -0.310. The molecule has 19 heavy (non-hydrogen) atoms. The first-order valence-electron chi connectivity index (χ1n) is 6.62. The fourth-order valence-electron chi connectivity index (χ4n) is 2.75. The van der Waals surface area contributed by atoms with E-state index >= 15 is 0 Å². The molecule has 1 aliphatic carbocycles. The van der Waals surface area contributed by atoms with Gasteiger partial charge in [0.05, 0.1) is 0 Å². The number of carbonyl (C=O) groups is 1. The first kappa shape index (κ1) is 12.9. The van der Waals surface area contributed by atoms with E-state index < -0.39 is 0 Å². The fraction of sp³-hybridized carbons (Fsp3) is 0.500. The van der Waals surface area contributed by atoms with Crippen LogP contribution in [0.5, 0.6) is 0 Å². The summed E-state index contributed by atoms with van der Waals surface area (Å²) in [6, 6.07) is 4.87. The summed E-state index contributed by atoms with van der Waals surface area (Å²) in [5.74, 6) is -0.480. The van der Waals surface area contributed by atoms with Gasteiger partial charge in [-0.1, -0.05) is 17.7 Å². The number of rotatable bonds is 3. The normalized spacial score (nSPS) is 29.3. The molecule has 1 aliphatic heterocycles. The van der Waals surface area contributed by atoms with Crippen LogP contribution in [0.25, 0.3) is 0 Å². The lowest BCUT2D eigenvalue weighted by molar-refractivity contribution is -0.123. The Hall–Kier alpha value is -1.13. The molecule has 0 radical (unpaired) electrons. The zero-order chi connectivity index (χ0) is 13.4. The van der Waals surface area contributed by atoms with Gasteiger partial charge in [0, 0.05) is 35.0 Å². The van der Waals surface area contributed by atoms with Crippen molar-refractivity contribution in [2.45, 2.75) is 24.8 Å². The molecule has 3 atom stereocenters. The maximum absolute atomic E-state index is 13.8. The van der Waals surface area contributed by atoms with Crippen molar-refractivity contribution in [3.05, 3.63) is 34.6 Å². The summed E-state index contributed by atoms with van der Waals surface area (Å²) >= 11 is 6.02. The average molecular weight is 283 g/mol. The molecule has 102 valence electrons. The van der Waals surface area contributed by atoms with Crippen LogP contribution in [-0.4, -0.2) is 25.0 Å². The summed E-state index contributed by atoms with van der Waals surface area (Å²) in [6.45, 7) is 1.77. The summed E-state index contributed by atoms with van der Waals surface area (Å²) in [4.78, 5) is 12.1. The number of hydrogen-bond donors (Lipinski definition) is 2. The lowest BCUT2D eigenvalue weighted by Gasteiger charge is -2.11. The zero-order valence-corrected chi connectivity index (χ0v) is 11.2. The number of amides is 1. The van der Waals surface area contributed by atoms with Crippen molar-refractivity contribution in [1.29, 1.82) is 0 Å². The van der Waals surface area contributed by atoms with Crippen LogP contribution < -0.4 is 10.6 Å². The van der Waals surface area contributed by atoms with E-state index in [0.29, 0.717) is 17.0 Å². The maximum atomic E-state index is 13.8. The molecule has 3 nitrogen and oxygen atoms in total. The molecule has 1 aromatic carbocycles. The Bertz CT molecular complexity index is 482. The molecule has 5 heteroatoms. The van der Waals surface area contributed by atoms with Gasteiger partial charge in [0.15, 0.2) is 0 Å². The monoisotopic (exact) mass is 282 g/mol. The molecule has 1 amide bonds. The summed E-state index contributed by atoms with van der Waals surface area (Å²) in [5, 5.41) is 6.63. The van der Waals surface area contributed by atoms with Gasteiger partial charge in [-0.2, -0.15) is 0 Å². The van der Waals surface area contributed by atoms with E-state index in [0.717, 1.165) is 19.5 Å². The number of halogens is 2. The molecular formula is C14H16ClFN2O. The number of nitrogens with one attached hydrogen (secondary N) is 2. The molecule has 1 saturated carbocycles. The lowest BCUT2D eigenvalue weighted by Crippen LogP contribution is -2.37.